The Hall–Kier alpha value is -2.03. The van der Waals surface area contributed by atoms with Gasteiger partial charge in [-0.05, 0) is 44.6 Å². The summed E-state index contributed by atoms with van der Waals surface area (Å²) in [5, 5.41) is 13.4. The van der Waals surface area contributed by atoms with E-state index < -0.39 is 0 Å². The first-order valence-electron chi connectivity index (χ1n) is 9.15. The molecular weight excluding hydrogens is 348 g/mol. The SMILES string of the molecule is CN(C)C(CNc1oc(C2CCCCC2)nc1C#N)c1ccc(Cl)cc1. The predicted molar refractivity (Wildman–Crippen MR) is 103 cm³/mol. The fourth-order valence-corrected chi connectivity index (χ4v) is 3.66. The minimum Gasteiger partial charge on any atom is -0.424 e. The van der Waals surface area contributed by atoms with Crippen LogP contribution in [-0.4, -0.2) is 30.5 Å². The van der Waals surface area contributed by atoms with Crippen LogP contribution in [0.4, 0.5) is 5.88 Å². The third-order valence-corrected chi connectivity index (χ3v) is 5.29. The summed E-state index contributed by atoms with van der Waals surface area (Å²) in [5.74, 6) is 1.53. The van der Waals surface area contributed by atoms with Crippen molar-refractivity contribution in [2.75, 3.05) is 26.0 Å². The summed E-state index contributed by atoms with van der Waals surface area (Å²) >= 11 is 6.00. The van der Waals surface area contributed by atoms with E-state index in [1.807, 2.05) is 38.4 Å². The van der Waals surface area contributed by atoms with Gasteiger partial charge in [-0.3, -0.25) is 0 Å². The number of hydrogen-bond acceptors (Lipinski definition) is 5. The number of halogens is 1. The molecule has 0 saturated heterocycles. The summed E-state index contributed by atoms with van der Waals surface area (Å²) in [6, 6.07) is 10.1. The van der Waals surface area contributed by atoms with Crippen molar-refractivity contribution < 1.29 is 4.42 Å². The van der Waals surface area contributed by atoms with E-state index in [1.54, 1.807) is 0 Å². The van der Waals surface area contributed by atoms with Crippen LogP contribution in [0, 0.1) is 11.3 Å². The number of nitrogens with zero attached hydrogens (tertiary/aromatic N) is 3. The van der Waals surface area contributed by atoms with Crippen molar-refractivity contribution in [2.45, 2.75) is 44.1 Å². The van der Waals surface area contributed by atoms with Gasteiger partial charge in [-0.15, -0.1) is 0 Å². The van der Waals surface area contributed by atoms with Crippen LogP contribution < -0.4 is 5.32 Å². The molecular formula is C20H25ClN4O. The van der Waals surface area contributed by atoms with Crippen LogP contribution >= 0.6 is 11.6 Å². The fourth-order valence-electron chi connectivity index (χ4n) is 3.53. The summed E-state index contributed by atoms with van der Waals surface area (Å²) in [6.45, 7) is 0.614. The Kier molecular flexibility index (Phi) is 6.18. The van der Waals surface area contributed by atoms with Gasteiger partial charge in [0.1, 0.15) is 6.07 Å². The van der Waals surface area contributed by atoms with Crippen molar-refractivity contribution in [3.8, 4) is 6.07 Å². The number of hydrogen-bond donors (Lipinski definition) is 1. The van der Waals surface area contributed by atoms with Crippen LogP contribution in [0.3, 0.4) is 0 Å². The molecule has 1 saturated carbocycles. The Morgan fingerprint density at radius 1 is 1.27 bits per heavy atom. The first-order chi connectivity index (χ1) is 12.6. The number of anilines is 1. The van der Waals surface area contributed by atoms with Crippen molar-refractivity contribution in [2.24, 2.45) is 0 Å². The molecule has 3 rings (SSSR count). The minimum atomic E-state index is 0.127. The van der Waals surface area contributed by atoms with Gasteiger partial charge in [0.15, 0.2) is 0 Å². The van der Waals surface area contributed by atoms with Crippen LogP contribution in [0.5, 0.6) is 0 Å². The number of likely N-dealkylation sites (N-methyl/N-ethyl adjacent to an activating group) is 1. The molecule has 1 N–H and O–H groups in total. The highest BCUT2D eigenvalue weighted by Gasteiger charge is 2.24. The molecule has 1 atom stereocenters. The number of oxazole rings is 1. The van der Waals surface area contributed by atoms with E-state index in [0.29, 0.717) is 29.9 Å². The zero-order valence-corrected chi connectivity index (χ0v) is 16.1. The fraction of sp³-hybridized carbons (Fsp3) is 0.500. The molecule has 0 amide bonds. The topological polar surface area (TPSA) is 65.1 Å². The minimum absolute atomic E-state index is 0.127. The molecule has 5 nitrogen and oxygen atoms in total. The van der Waals surface area contributed by atoms with Gasteiger partial charge in [-0.25, -0.2) is 4.98 Å². The molecule has 1 aromatic heterocycles. The summed E-state index contributed by atoms with van der Waals surface area (Å²) in [4.78, 5) is 6.56. The number of rotatable bonds is 6. The number of nitriles is 1. The van der Waals surface area contributed by atoms with Crippen molar-refractivity contribution in [3.63, 3.8) is 0 Å². The molecule has 2 aromatic rings. The molecule has 1 unspecified atom stereocenters. The largest absolute Gasteiger partial charge is 0.424 e. The molecule has 138 valence electrons. The van der Waals surface area contributed by atoms with E-state index >= 15 is 0 Å². The first-order valence-corrected chi connectivity index (χ1v) is 9.53. The van der Waals surface area contributed by atoms with E-state index in [1.165, 1.54) is 19.3 Å². The maximum atomic E-state index is 9.41. The smallest absolute Gasteiger partial charge is 0.232 e. The van der Waals surface area contributed by atoms with Crippen molar-refractivity contribution >= 4 is 17.5 Å². The molecule has 1 aliphatic carbocycles. The first kappa shape index (κ1) is 18.8. The summed E-state index contributed by atoms with van der Waals surface area (Å²) in [5.41, 5.74) is 1.50. The Morgan fingerprint density at radius 2 is 1.96 bits per heavy atom. The number of benzene rings is 1. The normalized spacial score (nSPS) is 16.4. The summed E-state index contributed by atoms with van der Waals surface area (Å²) in [7, 11) is 4.06. The molecule has 6 heteroatoms. The standard InChI is InChI=1S/C20H25ClN4O/c1-25(2)18(14-8-10-16(21)11-9-14)13-23-20-17(12-22)24-19(26-20)15-6-4-3-5-7-15/h8-11,15,18,23H,3-7,13H2,1-2H3. The van der Waals surface area contributed by atoms with E-state index in [2.05, 4.69) is 21.3 Å². The third-order valence-electron chi connectivity index (χ3n) is 5.04. The second-order valence-corrected chi connectivity index (χ2v) is 7.52. The molecule has 0 spiro atoms. The van der Waals surface area contributed by atoms with Gasteiger partial charge in [0, 0.05) is 17.5 Å². The highest BCUT2D eigenvalue weighted by Crippen LogP contribution is 2.34. The second kappa shape index (κ2) is 8.57. The number of nitrogens with one attached hydrogen (secondary N) is 1. The quantitative estimate of drug-likeness (QED) is 0.776. The molecule has 0 aliphatic heterocycles. The monoisotopic (exact) mass is 372 g/mol. The maximum absolute atomic E-state index is 9.41. The Bertz CT molecular complexity index is 757. The Balaban J connectivity index is 1.73. The summed E-state index contributed by atoms with van der Waals surface area (Å²) in [6.07, 6.45) is 5.87. The van der Waals surface area contributed by atoms with Crippen molar-refractivity contribution in [3.05, 3.63) is 46.4 Å². The lowest BCUT2D eigenvalue weighted by atomic mass is 9.89. The van der Waals surface area contributed by atoms with E-state index in [-0.39, 0.29) is 6.04 Å². The van der Waals surface area contributed by atoms with Crippen LogP contribution in [0.25, 0.3) is 0 Å². The van der Waals surface area contributed by atoms with Crippen LogP contribution in [-0.2, 0) is 0 Å². The summed E-state index contributed by atoms with van der Waals surface area (Å²) < 4.78 is 5.95. The van der Waals surface area contributed by atoms with Gasteiger partial charge < -0.3 is 14.6 Å². The third kappa shape index (κ3) is 4.38. The van der Waals surface area contributed by atoms with Crippen LogP contribution in [0.15, 0.2) is 28.7 Å². The zero-order valence-electron chi connectivity index (χ0n) is 15.3. The number of aromatic nitrogens is 1. The zero-order chi connectivity index (χ0) is 18.5. The molecule has 0 radical (unpaired) electrons. The molecule has 1 aromatic carbocycles. The molecule has 1 heterocycles. The van der Waals surface area contributed by atoms with Crippen molar-refractivity contribution in [1.82, 2.24) is 9.88 Å². The Morgan fingerprint density at radius 3 is 2.58 bits per heavy atom. The maximum Gasteiger partial charge on any atom is 0.232 e. The second-order valence-electron chi connectivity index (χ2n) is 7.09. The van der Waals surface area contributed by atoms with Crippen LogP contribution in [0.1, 0.15) is 61.2 Å². The van der Waals surface area contributed by atoms with Crippen LogP contribution in [0.2, 0.25) is 5.02 Å². The lowest BCUT2D eigenvalue weighted by molar-refractivity contribution is 0.309. The molecule has 0 bridgehead atoms. The highest BCUT2D eigenvalue weighted by atomic mass is 35.5. The van der Waals surface area contributed by atoms with Gasteiger partial charge in [-0.1, -0.05) is 43.0 Å². The van der Waals surface area contributed by atoms with E-state index in [0.717, 1.165) is 23.4 Å². The predicted octanol–water partition coefficient (Wildman–Crippen LogP) is 4.96. The molecule has 1 fully saturated rings. The van der Waals surface area contributed by atoms with Gasteiger partial charge >= 0.3 is 0 Å². The average Bonchev–Trinajstić information content (AvgIpc) is 3.07. The Labute approximate surface area is 160 Å². The molecule has 26 heavy (non-hydrogen) atoms. The van der Waals surface area contributed by atoms with Gasteiger partial charge in [0.25, 0.3) is 0 Å². The van der Waals surface area contributed by atoms with Gasteiger partial charge in [0.2, 0.25) is 17.5 Å². The molecule has 1 aliphatic rings. The van der Waals surface area contributed by atoms with E-state index in [9.17, 15) is 5.26 Å². The lowest BCUT2D eigenvalue weighted by Gasteiger charge is -2.25. The van der Waals surface area contributed by atoms with Crippen molar-refractivity contribution in [1.29, 1.82) is 5.26 Å². The average molecular weight is 373 g/mol. The van der Waals surface area contributed by atoms with E-state index in [4.69, 9.17) is 16.0 Å². The van der Waals surface area contributed by atoms with Gasteiger partial charge in [-0.2, -0.15) is 5.26 Å². The van der Waals surface area contributed by atoms with Gasteiger partial charge in [0.05, 0.1) is 6.04 Å². The highest BCUT2D eigenvalue weighted by molar-refractivity contribution is 6.30. The lowest BCUT2D eigenvalue weighted by Crippen LogP contribution is -2.26.